The quantitative estimate of drug-likeness (QED) is 0.530. The van der Waals surface area contributed by atoms with Crippen molar-refractivity contribution in [1.29, 1.82) is 0 Å². The second-order valence-corrected chi connectivity index (χ2v) is 1.85. The molecule has 0 aliphatic heterocycles. The summed E-state index contributed by atoms with van der Waals surface area (Å²) >= 11 is 0. The van der Waals surface area contributed by atoms with E-state index in [9.17, 15) is 0 Å². The van der Waals surface area contributed by atoms with Gasteiger partial charge in [-0.05, 0) is 6.92 Å². The summed E-state index contributed by atoms with van der Waals surface area (Å²) in [6.07, 6.45) is 7.39. The summed E-state index contributed by atoms with van der Waals surface area (Å²) in [7, 11) is 0. The van der Waals surface area contributed by atoms with Crippen LogP contribution in [0.3, 0.4) is 0 Å². The van der Waals surface area contributed by atoms with Crippen molar-refractivity contribution < 1.29 is 4.74 Å². The highest BCUT2D eigenvalue weighted by atomic mass is 16.5. The molecule has 1 heteroatoms. The van der Waals surface area contributed by atoms with Gasteiger partial charge in [-0.3, -0.25) is 0 Å². The van der Waals surface area contributed by atoms with E-state index < -0.39 is 0 Å². The van der Waals surface area contributed by atoms with Gasteiger partial charge in [0.15, 0.2) is 0 Å². The number of hydrogen-bond acceptors (Lipinski definition) is 1. The molecule has 0 heterocycles. The summed E-state index contributed by atoms with van der Waals surface area (Å²) in [5.74, 6) is 0. The Balaban J connectivity index is 3.59. The van der Waals surface area contributed by atoms with Gasteiger partial charge in [0.05, 0.1) is 12.7 Å². The second kappa shape index (κ2) is 6.30. The average molecular weight is 138 g/mol. The molecule has 56 valence electrons. The van der Waals surface area contributed by atoms with Gasteiger partial charge in [0, 0.05) is 0 Å². The van der Waals surface area contributed by atoms with Crippen molar-refractivity contribution in [3.63, 3.8) is 0 Å². The number of hydrogen-bond donors (Lipinski definition) is 0. The maximum Gasteiger partial charge on any atom is 0.0939 e. The van der Waals surface area contributed by atoms with Gasteiger partial charge in [-0.15, -0.1) is 13.2 Å². The van der Waals surface area contributed by atoms with E-state index in [4.69, 9.17) is 4.74 Å². The molecule has 0 aromatic heterocycles. The molecule has 0 saturated carbocycles. The van der Waals surface area contributed by atoms with Gasteiger partial charge in [-0.1, -0.05) is 24.3 Å². The number of ether oxygens (including phenoxy) is 1. The molecule has 1 unspecified atom stereocenters. The van der Waals surface area contributed by atoms with E-state index in [1.165, 1.54) is 0 Å². The van der Waals surface area contributed by atoms with Crippen molar-refractivity contribution in [3.05, 3.63) is 37.5 Å². The Bertz CT molecular complexity index is 125. The summed E-state index contributed by atoms with van der Waals surface area (Å²) in [5, 5.41) is 0. The predicted molar refractivity (Wildman–Crippen MR) is 44.9 cm³/mol. The molecule has 1 atom stereocenters. The number of rotatable bonds is 5. The lowest BCUT2D eigenvalue weighted by Gasteiger charge is -2.05. The highest BCUT2D eigenvalue weighted by molar-refractivity contribution is 4.97. The van der Waals surface area contributed by atoms with Crippen LogP contribution in [0.5, 0.6) is 0 Å². The molecular formula is C9H14O. The van der Waals surface area contributed by atoms with Crippen LogP contribution >= 0.6 is 0 Å². The molecule has 0 aliphatic rings. The molecular weight excluding hydrogens is 124 g/mol. The minimum Gasteiger partial charge on any atom is -0.366 e. The van der Waals surface area contributed by atoms with Crippen LogP contribution in [0.1, 0.15) is 6.92 Å². The zero-order chi connectivity index (χ0) is 7.82. The minimum absolute atomic E-state index is 0.0306. The monoisotopic (exact) mass is 138 g/mol. The Kier molecular flexibility index (Phi) is 5.79. The van der Waals surface area contributed by atoms with Crippen LogP contribution in [-0.4, -0.2) is 12.7 Å². The third-order valence-corrected chi connectivity index (χ3v) is 1.02. The molecule has 0 bridgehead atoms. The van der Waals surface area contributed by atoms with Crippen molar-refractivity contribution in [2.24, 2.45) is 0 Å². The molecule has 0 radical (unpaired) electrons. The first-order valence-corrected chi connectivity index (χ1v) is 3.33. The lowest BCUT2D eigenvalue weighted by molar-refractivity contribution is 0.143. The molecule has 1 nitrogen and oxygen atoms in total. The van der Waals surface area contributed by atoms with Crippen molar-refractivity contribution in [2.75, 3.05) is 6.61 Å². The average Bonchev–Trinajstić information content (AvgIpc) is 1.98. The fourth-order valence-electron chi connectivity index (χ4n) is 0.571. The van der Waals surface area contributed by atoms with Gasteiger partial charge in [0.2, 0.25) is 0 Å². The van der Waals surface area contributed by atoms with E-state index in [1.54, 1.807) is 12.2 Å². The molecule has 0 saturated heterocycles. The van der Waals surface area contributed by atoms with E-state index in [-0.39, 0.29) is 6.10 Å². The van der Waals surface area contributed by atoms with E-state index in [2.05, 4.69) is 13.2 Å². The lowest BCUT2D eigenvalue weighted by Crippen LogP contribution is -2.05. The fourth-order valence-corrected chi connectivity index (χ4v) is 0.571. The molecule has 0 N–H and O–H groups in total. The second-order valence-electron chi connectivity index (χ2n) is 1.85. The van der Waals surface area contributed by atoms with Gasteiger partial charge in [-0.25, -0.2) is 0 Å². The van der Waals surface area contributed by atoms with Gasteiger partial charge < -0.3 is 4.74 Å². The van der Waals surface area contributed by atoms with Crippen LogP contribution in [0.25, 0.3) is 0 Å². The topological polar surface area (TPSA) is 9.23 Å². The van der Waals surface area contributed by atoms with Crippen LogP contribution in [0.2, 0.25) is 0 Å². The van der Waals surface area contributed by atoms with Gasteiger partial charge in [0.25, 0.3) is 0 Å². The summed E-state index contributed by atoms with van der Waals surface area (Å²) < 4.78 is 5.26. The maximum atomic E-state index is 5.26. The van der Waals surface area contributed by atoms with Crippen LogP contribution in [-0.2, 0) is 4.74 Å². The maximum absolute atomic E-state index is 5.26. The normalized spacial score (nSPS) is 13.3. The summed E-state index contributed by atoms with van der Waals surface area (Å²) in [4.78, 5) is 0. The zero-order valence-electron chi connectivity index (χ0n) is 6.42. The minimum atomic E-state index is 0.0306. The molecule has 10 heavy (non-hydrogen) atoms. The smallest absolute Gasteiger partial charge is 0.0939 e. The zero-order valence-corrected chi connectivity index (χ0v) is 6.42. The molecule has 0 aliphatic carbocycles. The highest BCUT2D eigenvalue weighted by Gasteiger charge is 1.93. The first-order chi connectivity index (χ1) is 4.85. The number of allylic oxidation sites excluding steroid dienone is 1. The van der Waals surface area contributed by atoms with Gasteiger partial charge in [0.1, 0.15) is 0 Å². The first kappa shape index (κ1) is 9.18. The third-order valence-electron chi connectivity index (χ3n) is 1.02. The van der Waals surface area contributed by atoms with Gasteiger partial charge >= 0.3 is 0 Å². The Morgan fingerprint density at radius 1 is 1.50 bits per heavy atom. The van der Waals surface area contributed by atoms with E-state index in [1.807, 2.05) is 19.1 Å². The van der Waals surface area contributed by atoms with E-state index >= 15 is 0 Å². The largest absolute Gasteiger partial charge is 0.366 e. The molecule has 0 spiro atoms. The SMILES string of the molecule is C=CCOC(C=C)/C=C/C. The van der Waals surface area contributed by atoms with Crippen molar-refractivity contribution in [1.82, 2.24) is 0 Å². The Morgan fingerprint density at radius 2 is 2.20 bits per heavy atom. The van der Waals surface area contributed by atoms with Gasteiger partial charge in [-0.2, -0.15) is 0 Å². The Morgan fingerprint density at radius 3 is 2.60 bits per heavy atom. The third kappa shape index (κ3) is 4.10. The van der Waals surface area contributed by atoms with Crippen molar-refractivity contribution >= 4 is 0 Å². The van der Waals surface area contributed by atoms with Crippen LogP contribution < -0.4 is 0 Å². The molecule has 0 fully saturated rings. The van der Waals surface area contributed by atoms with Crippen LogP contribution in [0.4, 0.5) is 0 Å². The summed E-state index contributed by atoms with van der Waals surface area (Å²) in [6, 6.07) is 0. The Labute approximate surface area is 62.7 Å². The highest BCUT2D eigenvalue weighted by Crippen LogP contribution is 1.94. The summed E-state index contributed by atoms with van der Waals surface area (Å²) in [6.45, 7) is 9.69. The molecule has 0 aromatic carbocycles. The first-order valence-electron chi connectivity index (χ1n) is 3.33. The predicted octanol–water partition coefficient (Wildman–Crippen LogP) is 2.32. The molecule has 0 aromatic rings. The Hall–Kier alpha value is -0.820. The fraction of sp³-hybridized carbons (Fsp3) is 0.333. The standard InChI is InChI=1S/C9H14O/c1-4-7-9(6-3)10-8-5-2/h4-7,9H,2-3,8H2,1H3/b7-4+. The van der Waals surface area contributed by atoms with E-state index in [0.29, 0.717) is 6.61 Å². The lowest BCUT2D eigenvalue weighted by atomic mass is 10.3. The van der Waals surface area contributed by atoms with Crippen molar-refractivity contribution in [3.8, 4) is 0 Å². The molecule has 0 rings (SSSR count). The van der Waals surface area contributed by atoms with Crippen LogP contribution in [0, 0.1) is 0 Å². The molecule has 0 amide bonds. The van der Waals surface area contributed by atoms with Crippen LogP contribution in [0.15, 0.2) is 37.5 Å². The summed E-state index contributed by atoms with van der Waals surface area (Å²) in [5.41, 5.74) is 0. The van der Waals surface area contributed by atoms with E-state index in [0.717, 1.165) is 0 Å². The van der Waals surface area contributed by atoms with Crippen molar-refractivity contribution in [2.45, 2.75) is 13.0 Å².